The Hall–Kier alpha value is -3.35. The van der Waals surface area contributed by atoms with E-state index in [1.165, 1.54) is 11.1 Å². The van der Waals surface area contributed by atoms with Gasteiger partial charge in [-0.05, 0) is 30.6 Å². The van der Waals surface area contributed by atoms with E-state index in [0.717, 1.165) is 19.3 Å². The molecule has 1 saturated carbocycles. The fourth-order valence-electron chi connectivity index (χ4n) is 7.15. The Morgan fingerprint density at radius 3 is 2.68 bits per heavy atom. The molecule has 1 aromatic heterocycles. The summed E-state index contributed by atoms with van der Waals surface area (Å²) in [4.78, 5) is 49.1. The molecule has 1 aromatic carbocycles. The number of nitriles is 1. The van der Waals surface area contributed by atoms with Crippen LogP contribution in [0.3, 0.4) is 0 Å². The van der Waals surface area contributed by atoms with Crippen LogP contribution in [0.1, 0.15) is 45.7 Å². The van der Waals surface area contributed by atoms with Crippen LogP contribution in [0.15, 0.2) is 30.5 Å². The summed E-state index contributed by atoms with van der Waals surface area (Å²) in [5.74, 6) is 0.486. The van der Waals surface area contributed by atoms with E-state index in [9.17, 15) is 19.6 Å². The first kappa shape index (κ1) is 24.0. The molecule has 37 heavy (non-hydrogen) atoms. The number of carbonyl (C=O) groups excluding carboxylic acids is 3. The second-order valence-corrected chi connectivity index (χ2v) is 11.5. The number of pyridine rings is 1. The average Bonchev–Trinajstić information content (AvgIpc) is 3.51. The van der Waals surface area contributed by atoms with E-state index in [2.05, 4.69) is 31.8 Å². The monoisotopic (exact) mass is 502 g/mol. The molecule has 3 saturated heterocycles. The van der Waals surface area contributed by atoms with Crippen molar-refractivity contribution in [3.63, 3.8) is 0 Å². The molecule has 0 radical (unpaired) electrons. The molecule has 192 valence electrons. The van der Waals surface area contributed by atoms with Crippen molar-refractivity contribution in [2.75, 3.05) is 24.7 Å². The molecule has 3 aliphatic heterocycles. The zero-order chi connectivity index (χ0) is 26.1. The van der Waals surface area contributed by atoms with Crippen LogP contribution in [0, 0.1) is 29.1 Å². The predicted octanol–water partition coefficient (Wildman–Crippen LogP) is 3.42. The number of benzene rings is 1. The van der Waals surface area contributed by atoms with Crippen LogP contribution in [0.5, 0.6) is 0 Å². The molecule has 1 aliphatic carbocycles. The largest absolute Gasteiger partial charge is 0.458 e. The fraction of sp³-hybridized carbons (Fsp3) is 0.536. The highest BCUT2D eigenvalue weighted by Crippen LogP contribution is 2.45. The van der Waals surface area contributed by atoms with Crippen molar-refractivity contribution in [1.82, 2.24) is 9.88 Å². The number of amides is 3. The number of quaternary nitrogens is 1. The lowest BCUT2D eigenvalue weighted by Crippen LogP contribution is -2.63. The molecule has 2 aromatic rings. The van der Waals surface area contributed by atoms with Crippen molar-refractivity contribution < 1.29 is 23.6 Å². The molecule has 9 nitrogen and oxygen atoms in total. The zero-order valence-electron chi connectivity index (χ0n) is 21.5. The highest BCUT2D eigenvalue weighted by atomic mass is 16.5. The highest BCUT2D eigenvalue weighted by Gasteiger charge is 2.74. The van der Waals surface area contributed by atoms with Gasteiger partial charge in [0, 0.05) is 10.8 Å². The Bertz CT molecular complexity index is 1350. The van der Waals surface area contributed by atoms with Gasteiger partial charge >= 0.3 is 12.0 Å². The standard InChI is InChI=1S/C28H32N5O4/c1-16(2)18-9-8-17(3)10-25(18)37-27(35)24-14-31-13-23-26(34)32(28(36)33(23,24)15-31)22-12-30-21(11-29)19-6-4-5-7-20(19)22/h4-7,12,16-18,23-25H,8-10,13-15H2,1-3H3/q+1/t17-,18+,23?,24?,25-,33?/m0/s1. The van der Waals surface area contributed by atoms with Gasteiger partial charge in [-0.3, -0.25) is 4.79 Å². The van der Waals surface area contributed by atoms with Crippen LogP contribution in [0.4, 0.5) is 10.5 Å². The van der Waals surface area contributed by atoms with Gasteiger partial charge in [0.05, 0.1) is 25.0 Å². The maximum absolute atomic E-state index is 14.2. The number of esters is 1. The van der Waals surface area contributed by atoms with Crippen LogP contribution in [-0.4, -0.2) is 70.2 Å². The quantitative estimate of drug-likeness (QED) is 0.358. The lowest BCUT2D eigenvalue weighted by molar-refractivity contribution is -0.853. The molecule has 9 heteroatoms. The molecule has 1 spiro atoms. The minimum atomic E-state index is -0.733. The third-order valence-electron chi connectivity index (χ3n) is 9.08. The lowest BCUT2D eigenvalue weighted by Gasteiger charge is -2.38. The maximum atomic E-state index is 14.2. The van der Waals surface area contributed by atoms with Crippen molar-refractivity contribution in [3.05, 3.63) is 36.2 Å². The predicted molar refractivity (Wildman–Crippen MR) is 135 cm³/mol. The normalized spacial score (nSPS) is 34.7. The van der Waals surface area contributed by atoms with Crippen LogP contribution in [-0.2, 0) is 14.3 Å². The van der Waals surface area contributed by atoms with Gasteiger partial charge in [0.2, 0.25) is 6.04 Å². The van der Waals surface area contributed by atoms with Crippen LogP contribution >= 0.6 is 0 Å². The molecular weight excluding hydrogens is 470 g/mol. The Balaban J connectivity index is 1.34. The molecule has 4 unspecified atom stereocenters. The number of ether oxygens (including phenoxy) is 1. The Morgan fingerprint density at radius 2 is 1.95 bits per heavy atom. The highest BCUT2D eigenvalue weighted by molar-refractivity contribution is 6.22. The molecule has 4 fully saturated rings. The van der Waals surface area contributed by atoms with Crippen molar-refractivity contribution >= 4 is 34.4 Å². The van der Waals surface area contributed by atoms with Gasteiger partial charge in [0.15, 0.2) is 6.04 Å². The molecule has 4 aliphatic rings. The van der Waals surface area contributed by atoms with Gasteiger partial charge in [-0.15, -0.1) is 0 Å². The second-order valence-electron chi connectivity index (χ2n) is 11.5. The first-order chi connectivity index (χ1) is 17.8. The van der Waals surface area contributed by atoms with Crippen LogP contribution in [0.2, 0.25) is 0 Å². The number of hydrogen-bond acceptors (Lipinski definition) is 7. The van der Waals surface area contributed by atoms with E-state index in [4.69, 9.17) is 4.74 Å². The van der Waals surface area contributed by atoms with Gasteiger partial charge in [-0.1, -0.05) is 51.5 Å². The zero-order valence-corrected chi connectivity index (χ0v) is 21.5. The maximum Gasteiger partial charge on any atom is 0.433 e. The molecule has 4 heterocycles. The van der Waals surface area contributed by atoms with Crippen molar-refractivity contribution in [1.29, 1.82) is 5.26 Å². The summed E-state index contributed by atoms with van der Waals surface area (Å²) >= 11 is 0. The summed E-state index contributed by atoms with van der Waals surface area (Å²) in [6, 6.07) is 7.43. The Kier molecular flexibility index (Phi) is 5.58. The summed E-state index contributed by atoms with van der Waals surface area (Å²) in [5, 5.41) is 10.7. The smallest absolute Gasteiger partial charge is 0.433 e. The second kappa shape index (κ2) is 8.61. The van der Waals surface area contributed by atoms with Crippen LogP contribution < -0.4 is 4.90 Å². The van der Waals surface area contributed by atoms with E-state index in [1.54, 1.807) is 24.3 Å². The minimum absolute atomic E-state index is 0.167. The van der Waals surface area contributed by atoms with Crippen LogP contribution in [0.25, 0.3) is 10.8 Å². The number of piperazine rings is 1. The van der Waals surface area contributed by atoms with Gasteiger partial charge in [-0.2, -0.15) is 10.2 Å². The van der Waals surface area contributed by atoms with Gasteiger partial charge in [0.25, 0.3) is 5.91 Å². The number of carbonyl (C=O) groups is 3. The van der Waals surface area contributed by atoms with Gasteiger partial charge < -0.3 is 4.74 Å². The summed E-state index contributed by atoms with van der Waals surface area (Å²) < 4.78 is 5.95. The molecule has 7 atom stereocenters. The minimum Gasteiger partial charge on any atom is -0.458 e. The average molecular weight is 503 g/mol. The summed E-state index contributed by atoms with van der Waals surface area (Å²) in [5.41, 5.74) is 0.597. The molecular formula is C28H32N5O4+. The third kappa shape index (κ3) is 3.42. The molecule has 2 bridgehead atoms. The number of hydrogen-bond donors (Lipinski definition) is 0. The number of fused-ring (bicyclic) bond motifs is 2. The molecule has 3 amide bonds. The van der Waals surface area contributed by atoms with Crippen molar-refractivity contribution in [3.8, 4) is 6.07 Å². The van der Waals surface area contributed by atoms with E-state index in [0.29, 0.717) is 54.0 Å². The summed E-state index contributed by atoms with van der Waals surface area (Å²) in [6.07, 6.45) is 4.25. The number of anilines is 1. The number of rotatable bonds is 4. The fourth-order valence-corrected chi connectivity index (χ4v) is 7.15. The number of nitrogens with zero attached hydrogens (tertiary/aromatic N) is 5. The Morgan fingerprint density at radius 1 is 1.19 bits per heavy atom. The summed E-state index contributed by atoms with van der Waals surface area (Å²) in [6.45, 7) is 7.69. The van der Waals surface area contributed by atoms with E-state index >= 15 is 0 Å². The first-order valence-electron chi connectivity index (χ1n) is 13.2. The third-order valence-corrected chi connectivity index (χ3v) is 9.08. The van der Waals surface area contributed by atoms with Crippen molar-refractivity contribution in [2.24, 2.45) is 17.8 Å². The number of urea groups is 1. The first-order valence-corrected chi connectivity index (χ1v) is 13.2. The Labute approximate surface area is 216 Å². The van der Waals surface area contributed by atoms with E-state index in [-0.39, 0.29) is 28.2 Å². The van der Waals surface area contributed by atoms with E-state index < -0.39 is 18.1 Å². The molecule has 6 rings (SSSR count). The van der Waals surface area contributed by atoms with Gasteiger partial charge in [-0.25, -0.2) is 24.0 Å². The SMILES string of the molecule is CC(C)[C@H]1CC[C@H](C)C[C@@H]1OC(=O)C1CN2CC3C(=O)N(c4cnc(C#N)c5ccccc45)C(=O)[N+]13C2. The van der Waals surface area contributed by atoms with E-state index in [1.807, 2.05) is 4.90 Å². The number of imide groups is 1. The summed E-state index contributed by atoms with van der Waals surface area (Å²) in [7, 11) is 0. The number of aromatic nitrogens is 1. The van der Waals surface area contributed by atoms with Gasteiger partial charge in [0.1, 0.15) is 24.5 Å². The topological polar surface area (TPSA) is 104 Å². The lowest BCUT2D eigenvalue weighted by atomic mass is 9.75. The van der Waals surface area contributed by atoms with Crippen molar-refractivity contribution in [2.45, 2.75) is 58.2 Å². The molecule has 0 N–H and O–H groups in total.